The van der Waals surface area contributed by atoms with Gasteiger partial charge in [0.05, 0.1) is 49.7 Å². The quantitative estimate of drug-likeness (QED) is 0.0316. The van der Waals surface area contributed by atoms with Crippen molar-refractivity contribution in [2.75, 3.05) is 20.3 Å². The molecule has 410 valence electrons. The first-order valence-electron chi connectivity index (χ1n) is 25.7. The van der Waals surface area contributed by atoms with Gasteiger partial charge in [0.2, 0.25) is 0 Å². The van der Waals surface area contributed by atoms with Gasteiger partial charge in [0.1, 0.15) is 36.3 Å². The molecule has 0 unspecified atom stereocenters. The molecule has 0 aromatic heterocycles. The van der Waals surface area contributed by atoms with Crippen LogP contribution >= 0.6 is 0 Å². The van der Waals surface area contributed by atoms with Crippen LogP contribution in [0.1, 0.15) is 53.3 Å². The zero-order chi connectivity index (χ0) is 54.8. The first kappa shape index (κ1) is 56.3. The van der Waals surface area contributed by atoms with E-state index in [1.807, 2.05) is 91.0 Å². The summed E-state index contributed by atoms with van der Waals surface area (Å²) in [6.45, 7) is -0.569. The fraction of sp³-hybridized carbons (Fsp3) is 0.274. The average Bonchev–Trinajstić information content (AvgIpc) is 3.56. The van der Waals surface area contributed by atoms with E-state index in [0.29, 0.717) is 5.56 Å². The Balaban J connectivity index is 1.10. The number of esters is 3. The van der Waals surface area contributed by atoms with Crippen LogP contribution in [0.3, 0.4) is 0 Å². The van der Waals surface area contributed by atoms with E-state index in [2.05, 4.69) is 0 Å². The van der Waals surface area contributed by atoms with Crippen molar-refractivity contribution in [1.29, 1.82) is 0 Å². The van der Waals surface area contributed by atoms with E-state index in [1.54, 1.807) is 109 Å². The van der Waals surface area contributed by atoms with Gasteiger partial charge >= 0.3 is 17.9 Å². The summed E-state index contributed by atoms with van der Waals surface area (Å²) < 4.78 is 99.7. The van der Waals surface area contributed by atoms with Gasteiger partial charge in [-0.3, -0.25) is 4.18 Å². The SMILES string of the molecule is CO[C@H]1O[C@H](CO[C@@H]2O[C@H](COCc3ccccc3)[C@@H](OCc3ccccc3)[C@H](OS(=O)(=O)Cc3ccccc3)[C@@H]2OCc2ccccc2)[C@@H](OC(=O)c2ccccc2)[C@H](OC(=O)c2ccccc2)[C@H]1OC(=O)c1ccccc1. The van der Waals surface area contributed by atoms with Gasteiger partial charge in [-0.1, -0.05) is 176 Å². The number of benzene rings is 7. The molecule has 2 heterocycles. The molecule has 17 heteroatoms. The summed E-state index contributed by atoms with van der Waals surface area (Å²) in [6, 6.07) is 61.0. The van der Waals surface area contributed by atoms with Crippen LogP contribution < -0.4 is 0 Å². The summed E-state index contributed by atoms with van der Waals surface area (Å²) in [5.41, 5.74) is 3.30. The van der Waals surface area contributed by atoms with Crippen LogP contribution in [0.2, 0.25) is 0 Å². The number of rotatable bonds is 24. The molecule has 16 nitrogen and oxygen atoms in total. The van der Waals surface area contributed by atoms with Gasteiger partial charge in [-0.15, -0.1) is 0 Å². The van der Waals surface area contributed by atoms with Crippen molar-refractivity contribution in [2.24, 2.45) is 0 Å². The van der Waals surface area contributed by atoms with Crippen LogP contribution in [-0.2, 0) is 87.2 Å². The number of hydrogen-bond donors (Lipinski definition) is 0. The maximum atomic E-state index is 14.5. The second kappa shape index (κ2) is 27.9. The summed E-state index contributed by atoms with van der Waals surface area (Å²) >= 11 is 0. The Morgan fingerprint density at radius 1 is 0.392 bits per heavy atom. The Labute approximate surface area is 459 Å². The van der Waals surface area contributed by atoms with Crippen LogP contribution in [0.25, 0.3) is 0 Å². The lowest BCUT2D eigenvalue weighted by atomic mass is 9.97. The lowest BCUT2D eigenvalue weighted by Crippen LogP contribution is -2.64. The van der Waals surface area contributed by atoms with Crippen molar-refractivity contribution >= 4 is 28.0 Å². The maximum Gasteiger partial charge on any atom is 0.338 e. The molecule has 2 aliphatic heterocycles. The first-order chi connectivity index (χ1) is 38.6. The fourth-order valence-corrected chi connectivity index (χ4v) is 10.3. The summed E-state index contributed by atoms with van der Waals surface area (Å²) in [6.07, 6.45) is -14.2. The van der Waals surface area contributed by atoms with Gasteiger partial charge < -0.3 is 47.4 Å². The molecule has 9 rings (SSSR count). The molecule has 7 aromatic rings. The third-order valence-corrected chi connectivity index (χ3v) is 14.2. The van der Waals surface area contributed by atoms with Crippen molar-refractivity contribution < 1.29 is 74.4 Å². The standard InChI is InChI=1S/C62H60O16S/c1-68-61-57(77-60(65)49-35-21-8-22-36-49)54(76-59(64)48-33-19-7-20-34-48)53(75-58(63)47-31-17-6-18-32-47)51(73-61)41-72-62-56(71-39-45-27-13-4-14-28-45)55(78-79(66,67)42-46-29-15-5-16-30-46)52(70-38-44-25-11-3-12-26-44)50(74-62)40-69-37-43-23-9-2-10-24-43/h2-36,50-57,61-62H,37-42H2,1H3/t50-,51-,52-,53-,54+,55+,56+,57-,61+,62-/m1/s1. The number of ether oxygens (including phenoxy) is 10. The maximum absolute atomic E-state index is 14.5. The zero-order valence-corrected chi connectivity index (χ0v) is 44.0. The van der Waals surface area contributed by atoms with Crippen LogP contribution in [0, 0.1) is 0 Å². The highest BCUT2D eigenvalue weighted by atomic mass is 32.2. The Kier molecular flexibility index (Phi) is 19.9. The summed E-state index contributed by atoms with van der Waals surface area (Å²) in [5, 5.41) is 0. The molecule has 79 heavy (non-hydrogen) atoms. The molecule has 7 aromatic carbocycles. The largest absolute Gasteiger partial charge is 0.452 e. The normalized spacial score (nSPS) is 23.0. The summed E-state index contributed by atoms with van der Waals surface area (Å²) in [5.74, 6) is -2.99. The topological polar surface area (TPSA) is 187 Å². The number of carbonyl (C=O) groups is 3. The molecule has 0 aliphatic carbocycles. The molecule has 0 saturated carbocycles. The lowest BCUT2D eigenvalue weighted by Gasteiger charge is -2.47. The third-order valence-electron chi connectivity index (χ3n) is 13.0. The molecular formula is C62H60O16S. The molecule has 10 atom stereocenters. The third kappa shape index (κ3) is 15.7. The van der Waals surface area contributed by atoms with Gasteiger partial charge in [0.15, 0.2) is 30.9 Å². The number of hydrogen-bond acceptors (Lipinski definition) is 16. The van der Waals surface area contributed by atoms with Crippen molar-refractivity contribution in [3.63, 3.8) is 0 Å². The second-order valence-electron chi connectivity index (χ2n) is 18.6. The monoisotopic (exact) mass is 1090 g/mol. The highest BCUT2D eigenvalue weighted by Gasteiger charge is 2.55. The highest BCUT2D eigenvalue weighted by Crippen LogP contribution is 2.36. The molecule has 0 spiro atoms. The fourth-order valence-electron chi connectivity index (χ4n) is 9.11. The van der Waals surface area contributed by atoms with Gasteiger partial charge in [0, 0.05) is 7.11 Å². The Bertz CT molecular complexity index is 3090. The van der Waals surface area contributed by atoms with Crippen LogP contribution in [0.5, 0.6) is 0 Å². The molecule has 2 aliphatic rings. The minimum absolute atomic E-state index is 0.0153. The predicted molar refractivity (Wildman–Crippen MR) is 287 cm³/mol. The average molecular weight is 1090 g/mol. The molecule has 2 fully saturated rings. The Morgan fingerprint density at radius 2 is 0.772 bits per heavy atom. The highest BCUT2D eigenvalue weighted by molar-refractivity contribution is 7.85. The minimum atomic E-state index is -4.45. The van der Waals surface area contributed by atoms with Crippen molar-refractivity contribution in [1.82, 2.24) is 0 Å². The second-order valence-corrected chi connectivity index (χ2v) is 20.2. The van der Waals surface area contributed by atoms with Crippen LogP contribution in [0.4, 0.5) is 0 Å². The van der Waals surface area contributed by atoms with Crippen LogP contribution in [0.15, 0.2) is 212 Å². The lowest BCUT2D eigenvalue weighted by molar-refractivity contribution is -0.335. The van der Waals surface area contributed by atoms with Crippen molar-refractivity contribution in [2.45, 2.75) is 87.0 Å². The van der Waals surface area contributed by atoms with E-state index in [-0.39, 0.29) is 43.1 Å². The van der Waals surface area contributed by atoms with E-state index in [0.717, 1.165) is 16.7 Å². The van der Waals surface area contributed by atoms with Gasteiger partial charge in [-0.25, -0.2) is 14.4 Å². The smallest absolute Gasteiger partial charge is 0.338 e. The van der Waals surface area contributed by atoms with Gasteiger partial charge in [-0.2, -0.15) is 8.42 Å². The van der Waals surface area contributed by atoms with E-state index >= 15 is 0 Å². The molecule has 0 bridgehead atoms. The summed E-state index contributed by atoms with van der Waals surface area (Å²) in [4.78, 5) is 42.3. The molecule has 0 N–H and O–H groups in total. The predicted octanol–water partition coefficient (Wildman–Crippen LogP) is 9.08. The first-order valence-corrected chi connectivity index (χ1v) is 27.3. The van der Waals surface area contributed by atoms with E-state index in [1.165, 1.54) is 19.2 Å². The number of carbonyl (C=O) groups excluding carboxylic acids is 3. The number of methoxy groups -OCH3 is 1. The van der Waals surface area contributed by atoms with E-state index < -0.39 is 102 Å². The van der Waals surface area contributed by atoms with E-state index in [9.17, 15) is 22.8 Å². The van der Waals surface area contributed by atoms with Gasteiger partial charge in [0.25, 0.3) is 10.1 Å². The molecule has 0 amide bonds. The molecular weight excluding hydrogens is 1030 g/mol. The molecule has 2 saturated heterocycles. The Morgan fingerprint density at radius 3 is 1.24 bits per heavy atom. The zero-order valence-electron chi connectivity index (χ0n) is 43.2. The van der Waals surface area contributed by atoms with E-state index in [4.69, 9.17) is 51.6 Å². The van der Waals surface area contributed by atoms with Crippen molar-refractivity contribution in [3.05, 3.63) is 251 Å². The summed E-state index contributed by atoms with van der Waals surface area (Å²) in [7, 11) is -3.14. The van der Waals surface area contributed by atoms with Gasteiger partial charge in [-0.05, 0) is 58.7 Å². The minimum Gasteiger partial charge on any atom is -0.452 e. The molecule has 0 radical (unpaired) electrons. The van der Waals surface area contributed by atoms with Crippen LogP contribution in [-0.4, -0.2) is 108 Å². The van der Waals surface area contributed by atoms with Crippen molar-refractivity contribution in [3.8, 4) is 0 Å². The Hall–Kier alpha value is -7.42.